The minimum absolute atomic E-state index is 0.0944. The van der Waals surface area contributed by atoms with Gasteiger partial charge in [-0.15, -0.1) is 0 Å². The van der Waals surface area contributed by atoms with E-state index in [1.54, 1.807) is 0 Å². The number of piperidine rings is 1. The minimum atomic E-state index is -1.02. The van der Waals surface area contributed by atoms with Gasteiger partial charge in [0, 0.05) is 17.6 Å². The smallest absolute Gasteiger partial charge is 0.345 e. The minimum Gasteiger partial charge on any atom is -0.452 e. The van der Waals surface area contributed by atoms with Crippen molar-refractivity contribution >= 4 is 35.1 Å². The number of nitro groups is 1. The Balaban J connectivity index is 2.06. The van der Waals surface area contributed by atoms with Crippen LogP contribution in [0, 0.1) is 10.1 Å². The van der Waals surface area contributed by atoms with Gasteiger partial charge >= 0.3 is 5.97 Å². The van der Waals surface area contributed by atoms with Gasteiger partial charge < -0.3 is 15.4 Å². The molecule has 1 fully saturated rings. The summed E-state index contributed by atoms with van der Waals surface area (Å²) in [4.78, 5) is 47.2. The van der Waals surface area contributed by atoms with Crippen molar-refractivity contribution in [1.29, 1.82) is 0 Å². The third-order valence-electron chi connectivity index (χ3n) is 3.85. The van der Waals surface area contributed by atoms with Crippen LogP contribution in [0.25, 0.3) is 0 Å². The summed E-state index contributed by atoms with van der Waals surface area (Å²) in [6.07, 6.45) is 1.94. The molecule has 0 saturated carbocycles. The summed E-state index contributed by atoms with van der Waals surface area (Å²) in [5, 5.41) is 11.1. The van der Waals surface area contributed by atoms with Crippen LogP contribution in [0.15, 0.2) is 18.2 Å². The maximum absolute atomic E-state index is 12.2. The Morgan fingerprint density at radius 1 is 1.36 bits per heavy atom. The average Bonchev–Trinajstić information content (AvgIpc) is 2.59. The summed E-state index contributed by atoms with van der Waals surface area (Å²) < 4.78 is 4.87. The van der Waals surface area contributed by atoms with E-state index in [1.165, 1.54) is 11.0 Å². The Bertz CT molecular complexity index is 723. The highest BCUT2D eigenvalue weighted by atomic mass is 35.5. The third-order valence-corrected chi connectivity index (χ3v) is 4.09. The van der Waals surface area contributed by atoms with Crippen LogP contribution in [-0.4, -0.2) is 46.8 Å². The Kier molecular flexibility index (Phi) is 5.92. The quantitative estimate of drug-likeness (QED) is 0.472. The van der Waals surface area contributed by atoms with Gasteiger partial charge in [0.2, 0.25) is 5.91 Å². The zero-order valence-electron chi connectivity index (χ0n) is 13.1. The zero-order chi connectivity index (χ0) is 18.6. The van der Waals surface area contributed by atoms with Crippen LogP contribution in [-0.2, 0) is 14.3 Å². The molecule has 0 aliphatic carbocycles. The molecule has 0 radical (unpaired) electrons. The molecule has 134 valence electrons. The number of likely N-dealkylation sites (tertiary alicyclic amines) is 1. The number of hydrogen-bond donors (Lipinski definition) is 1. The van der Waals surface area contributed by atoms with Crippen molar-refractivity contribution in [3.8, 4) is 0 Å². The van der Waals surface area contributed by atoms with Gasteiger partial charge in [-0.2, -0.15) is 0 Å². The Morgan fingerprint density at radius 3 is 2.72 bits per heavy atom. The van der Waals surface area contributed by atoms with E-state index in [9.17, 15) is 24.5 Å². The van der Waals surface area contributed by atoms with Gasteiger partial charge in [-0.05, 0) is 31.4 Å². The monoisotopic (exact) mass is 369 g/mol. The second-order valence-electron chi connectivity index (χ2n) is 5.50. The first-order chi connectivity index (χ1) is 11.8. The van der Waals surface area contributed by atoms with Crippen LogP contribution in [0.3, 0.4) is 0 Å². The highest BCUT2D eigenvalue weighted by molar-refractivity contribution is 6.31. The third kappa shape index (κ3) is 4.44. The summed E-state index contributed by atoms with van der Waals surface area (Å²) in [6, 6.07) is 2.75. The number of benzene rings is 1. The van der Waals surface area contributed by atoms with Gasteiger partial charge in [-0.1, -0.05) is 11.6 Å². The van der Waals surface area contributed by atoms with Gasteiger partial charge in [0.05, 0.1) is 4.92 Å². The van der Waals surface area contributed by atoms with Crippen molar-refractivity contribution in [2.45, 2.75) is 25.3 Å². The number of nitrogens with zero attached hydrogens (tertiary/aromatic N) is 2. The zero-order valence-corrected chi connectivity index (χ0v) is 13.9. The molecule has 2 N–H and O–H groups in total. The fourth-order valence-electron chi connectivity index (χ4n) is 2.64. The summed E-state index contributed by atoms with van der Waals surface area (Å²) in [7, 11) is 0. The van der Waals surface area contributed by atoms with Gasteiger partial charge in [0.25, 0.3) is 11.6 Å². The maximum Gasteiger partial charge on any atom is 0.345 e. The Morgan fingerprint density at radius 2 is 2.08 bits per heavy atom. The SMILES string of the molecule is NC(=O)[C@H]1CCCCN1C(=O)COC(=O)c1ccc(Cl)cc1[N+](=O)[O-]. The van der Waals surface area contributed by atoms with Crippen LogP contribution in [0.2, 0.25) is 5.02 Å². The van der Waals surface area contributed by atoms with E-state index in [1.807, 2.05) is 0 Å². The molecule has 1 aliphatic heterocycles. The van der Waals surface area contributed by atoms with Crippen molar-refractivity contribution in [3.05, 3.63) is 38.9 Å². The molecule has 0 unspecified atom stereocenters. The first-order valence-electron chi connectivity index (χ1n) is 7.51. The van der Waals surface area contributed by atoms with Crippen LogP contribution in [0.4, 0.5) is 5.69 Å². The van der Waals surface area contributed by atoms with Gasteiger partial charge in [0.1, 0.15) is 11.6 Å². The molecule has 2 amide bonds. The van der Waals surface area contributed by atoms with E-state index < -0.39 is 41.0 Å². The molecular weight excluding hydrogens is 354 g/mol. The number of esters is 1. The lowest BCUT2D eigenvalue weighted by atomic mass is 10.0. The van der Waals surface area contributed by atoms with E-state index in [4.69, 9.17) is 22.1 Å². The molecular formula is C15H16ClN3O6. The van der Waals surface area contributed by atoms with Crippen LogP contribution in [0.5, 0.6) is 0 Å². The molecule has 25 heavy (non-hydrogen) atoms. The molecule has 1 saturated heterocycles. The topological polar surface area (TPSA) is 133 Å². The molecule has 1 heterocycles. The molecule has 1 aromatic carbocycles. The lowest BCUT2D eigenvalue weighted by molar-refractivity contribution is -0.385. The van der Waals surface area contributed by atoms with Crippen molar-refractivity contribution in [3.63, 3.8) is 0 Å². The molecule has 0 aromatic heterocycles. The summed E-state index contributed by atoms with van der Waals surface area (Å²) >= 11 is 5.68. The van der Waals surface area contributed by atoms with E-state index in [-0.39, 0.29) is 10.6 Å². The summed E-state index contributed by atoms with van der Waals surface area (Å²) in [5.74, 6) is -2.22. The largest absolute Gasteiger partial charge is 0.452 e. The van der Waals surface area contributed by atoms with Gasteiger partial charge in [-0.3, -0.25) is 19.7 Å². The fourth-order valence-corrected chi connectivity index (χ4v) is 2.81. The lowest BCUT2D eigenvalue weighted by Crippen LogP contribution is -2.51. The highest BCUT2D eigenvalue weighted by Gasteiger charge is 2.31. The number of primary amides is 1. The number of amides is 2. The molecule has 9 nitrogen and oxygen atoms in total. The van der Waals surface area contributed by atoms with Crippen molar-refractivity contribution in [2.24, 2.45) is 5.73 Å². The highest BCUT2D eigenvalue weighted by Crippen LogP contribution is 2.24. The van der Waals surface area contributed by atoms with Crippen LogP contribution < -0.4 is 5.73 Å². The van der Waals surface area contributed by atoms with E-state index >= 15 is 0 Å². The number of ether oxygens (including phenoxy) is 1. The number of nitro benzene ring substituents is 1. The maximum atomic E-state index is 12.2. The second kappa shape index (κ2) is 7.93. The molecule has 0 spiro atoms. The first kappa shape index (κ1) is 18.7. The van der Waals surface area contributed by atoms with Crippen LogP contribution in [0.1, 0.15) is 29.6 Å². The van der Waals surface area contributed by atoms with E-state index in [2.05, 4.69) is 0 Å². The molecule has 2 rings (SSSR count). The van der Waals surface area contributed by atoms with Crippen molar-refractivity contribution < 1.29 is 24.0 Å². The molecule has 1 aromatic rings. The molecule has 0 bridgehead atoms. The standard InChI is InChI=1S/C15H16ClN3O6/c16-9-4-5-10(12(7-9)19(23)24)15(22)25-8-13(20)18-6-2-1-3-11(18)14(17)21/h4-5,7,11H,1-3,6,8H2,(H2,17,21)/t11-/m1/s1. The molecule has 1 atom stereocenters. The predicted molar refractivity (Wildman–Crippen MR) is 86.9 cm³/mol. The summed E-state index contributed by atoms with van der Waals surface area (Å²) in [5.41, 5.74) is 4.45. The number of rotatable bonds is 5. The second-order valence-corrected chi connectivity index (χ2v) is 5.93. The first-order valence-corrected chi connectivity index (χ1v) is 7.89. The lowest BCUT2D eigenvalue weighted by Gasteiger charge is -2.33. The fraction of sp³-hybridized carbons (Fsp3) is 0.400. The summed E-state index contributed by atoms with van der Waals surface area (Å²) in [6.45, 7) is -0.298. The van der Waals surface area contributed by atoms with Crippen molar-refractivity contribution in [1.82, 2.24) is 4.90 Å². The van der Waals surface area contributed by atoms with Crippen LogP contribution >= 0.6 is 11.6 Å². The molecule has 10 heteroatoms. The van der Waals surface area contributed by atoms with Crippen molar-refractivity contribution in [2.75, 3.05) is 13.2 Å². The Labute approximate surface area is 147 Å². The molecule has 1 aliphatic rings. The normalized spacial score (nSPS) is 17.0. The predicted octanol–water partition coefficient (Wildman–Crippen LogP) is 1.27. The van der Waals surface area contributed by atoms with Gasteiger partial charge in [0.15, 0.2) is 6.61 Å². The Hall–Kier alpha value is -2.68. The van der Waals surface area contributed by atoms with E-state index in [0.717, 1.165) is 18.6 Å². The van der Waals surface area contributed by atoms with E-state index in [0.29, 0.717) is 19.4 Å². The number of carbonyl (C=O) groups excluding carboxylic acids is 3. The van der Waals surface area contributed by atoms with Gasteiger partial charge in [-0.25, -0.2) is 4.79 Å². The average molecular weight is 370 g/mol. The number of halogens is 1. The number of carbonyl (C=O) groups is 3. The number of nitrogens with two attached hydrogens (primary N) is 1. The number of hydrogen-bond acceptors (Lipinski definition) is 6.